The molecule has 2 rings (SSSR count). The number of ether oxygens (including phenoxy) is 1. The quantitative estimate of drug-likeness (QED) is 0.799. The van der Waals surface area contributed by atoms with Crippen molar-refractivity contribution in [2.24, 2.45) is 7.05 Å². The zero-order valence-electron chi connectivity index (χ0n) is 13.1. The molecule has 0 spiro atoms. The van der Waals surface area contributed by atoms with Crippen LogP contribution in [0.4, 0.5) is 0 Å². The van der Waals surface area contributed by atoms with Gasteiger partial charge < -0.3 is 4.74 Å². The number of rotatable bonds is 4. The molecule has 0 aromatic carbocycles. The summed E-state index contributed by atoms with van der Waals surface area (Å²) in [7, 11) is 1.86. The Morgan fingerprint density at radius 2 is 2.10 bits per heavy atom. The van der Waals surface area contributed by atoms with E-state index in [1.165, 1.54) is 0 Å². The highest BCUT2D eigenvalue weighted by atomic mass is 16.5. The first-order valence-electron chi connectivity index (χ1n) is 6.91. The number of aromatic nitrogens is 5. The van der Waals surface area contributed by atoms with Crippen LogP contribution in [0, 0.1) is 0 Å². The number of aryl methyl sites for hydroxylation is 1. The predicted octanol–water partition coefficient (Wildman–Crippen LogP) is 1.53. The number of esters is 1. The molecule has 0 aliphatic rings. The number of nitrogens with zero attached hydrogens (tertiary/aromatic N) is 5. The lowest BCUT2D eigenvalue weighted by molar-refractivity contribution is 0.0516. The van der Waals surface area contributed by atoms with Crippen molar-refractivity contribution in [2.75, 3.05) is 6.61 Å². The molecule has 7 nitrogen and oxygen atoms in total. The maximum absolute atomic E-state index is 12.0. The van der Waals surface area contributed by atoms with E-state index in [9.17, 15) is 4.79 Å². The van der Waals surface area contributed by atoms with Crippen LogP contribution < -0.4 is 0 Å². The maximum atomic E-state index is 12.0. The number of carbonyl (C=O) groups is 1. The topological polar surface area (TPSA) is 74.8 Å². The Kier molecular flexibility index (Phi) is 4.11. The van der Waals surface area contributed by atoms with Crippen LogP contribution in [-0.2, 0) is 23.7 Å². The van der Waals surface area contributed by atoms with Crippen LogP contribution in [0.3, 0.4) is 0 Å². The molecule has 0 unspecified atom stereocenters. The summed E-state index contributed by atoms with van der Waals surface area (Å²) in [6.45, 7) is 8.68. The molecule has 0 bridgehead atoms. The van der Waals surface area contributed by atoms with Crippen LogP contribution in [0.15, 0.2) is 12.4 Å². The van der Waals surface area contributed by atoms with Gasteiger partial charge in [-0.3, -0.25) is 4.68 Å². The van der Waals surface area contributed by atoms with E-state index in [1.807, 2.05) is 34.0 Å². The molecule has 0 aliphatic carbocycles. The zero-order chi connectivity index (χ0) is 15.6. The van der Waals surface area contributed by atoms with Crippen molar-refractivity contribution in [2.45, 2.75) is 39.7 Å². The molecule has 0 saturated carbocycles. The Labute approximate surface area is 123 Å². The van der Waals surface area contributed by atoms with Gasteiger partial charge in [-0.05, 0) is 6.92 Å². The van der Waals surface area contributed by atoms with E-state index in [-0.39, 0.29) is 11.1 Å². The average molecular weight is 291 g/mol. The summed E-state index contributed by atoms with van der Waals surface area (Å²) in [4.78, 5) is 12.0. The number of carbonyl (C=O) groups excluding carboxylic acids is 1. The van der Waals surface area contributed by atoms with Gasteiger partial charge in [0.2, 0.25) is 0 Å². The van der Waals surface area contributed by atoms with Crippen LogP contribution in [0.25, 0.3) is 0 Å². The van der Waals surface area contributed by atoms with Crippen molar-refractivity contribution in [1.29, 1.82) is 0 Å². The van der Waals surface area contributed by atoms with Gasteiger partial charge in [-0.1, -0.05) is 26.0 Å². The van der Waals surface area contributed by atoms with Crippen molar-refractivity contribution < 1.29 is 9.53 Å². The Morgan fingerprint density at radius 3 is 2.62 bits per heavy atom. The first-order valence-corrected chi connectivity index (χ1v) is 6.91. The molecule has 2 heterocycles. The zero-order valence-corrected chi connectivity index (χ0v) is 13.1. The summed E-state index contributed by atoms with van der Waals surface area (Å²) in [5.74, 6) is -0.431. The van der Waals surface area contributed by atoms with Crippen molar-refractivity contribution in [1.82, 2.24) is 24.8 Å². The van der Waals surface area contributed by atoms with Crippen LogP contribution in [-0.4, -0.2) is 37.4 Å². The van der Waals surface area contributed by atoms with Crippen LogP contribution in [0.2, 0.25) is 0 Å². The fourth-order valence-corrected chi connectivity index (χ4v) is 2.23. The highest BCUT2D eigenvalue weighted by Gasteiger charge is 2.30. The Morgan fingerprint density at radius 1 is 1.38 bits per heavy atom. The third-order valence-electron chi connectivity index (χ3n) is 3.00. The monoisotopic (exact) mass is 291 g/mol. The van der Waals surface area contributed by atoms with Crippen LogP contribution in [0.5, 0.6) is 0 Å². The minimum Gasteiger partial charge on any atom is -0.461 e. The molecule has 21 heavy (non-hydrogen) atoms. The Bertz CT molecular complexity index is 636. The van der Waals surface area contributed by atoms with Crippen molar-refractivity contribution >= 4 is 5.97 Å². The van der Waals surface area contributed by atoms with Crippen LogP contribution >= 0.6 is 0 Å². The first-order chi connectivity index (χ1) is 9.82. The summed E-state index contributed by atoms with van der Waals surface area (Å²) in [6.07, 6.45) is 3.69. The molecule has 114 valence electrons. The van der Waals surface area contributed by atoms with Gasteiger partial charge in [-0.2, -0.15) is 5.10 Å². The molecule has 0 radical (unpaired) electrons. The predicted molar refractivity (Wildman–Crippen MR) is 77.0 cm³/mol. The van der Waals surface area contributed by atoms with Gasteiger partial charge in [0.15, 0.2) is 5.69 Å². The number of hydrogen-bond donors (Lipinski definition) is 0. The fourth-order valence-electron chi connectivity index (χ4n) is 2.23. The minimum atomic E-state index is -0.431. The summed E-state index contributed by atoms with van der Waals surface area (Å²) >= 11 is 0. The highest BCUT2D eigenvalue weighted by Crippen LogP contribution is 2.25. The Hall–Kier alpha value is -2.18. The molecular weight excluding hydrogens is 270 g/mol. The SMILES string of the molecule is CCOC(=O)c1nnn(Cc2cnn(C)c2)c1C(C)(C)C. The maximum Gasteiger partial charge on any atom is 0.360 e. The second kappa shape index (κ2) is 5.67. The van der Waals surface area contributed by atoms with Crippen molar-refractivity contribution in [3.8, 4) is 0 Å². The van der Waals surface area contributed by atoms with Gasteiger partial charge in [0.25, 0.3) is 0 Å². The lowest BCUT2D eigenvalue weighted by atomic mass is 9.90. The van der Waals surface area contributed by atoms with Gasteiger partial charge in [-0.15, -0.1) is 5.10 Å². The minimum absolute atomic E-state index is 0.270. The molecule has 0 fully saturated rings. The summed E-state index contributed by atoms with van der Waals surface area (Å²) in [5.41, 5.74) is 1.79. The molecule has 0 saturated heterocycles. The summed E-state index contributed by atoms with van der Waals surface area (Å²) < 4.78 is 8.53. The third kappa shape index (κ3) is 3.29. The third-order valence-corrected chi connectivity index (χ3v) is 3.00. The largest absolute Gasteiger partial charge is 0.461 e. The smallest absolute Gasteiger partial charge is 0.360 e. The van der Waals surface area contributed by atoms with Gasteiger partial charge in [0.1, 0.15) is 0 Å². The van der Waals surface area contributed by atoms with Crippen molar-refractivity contribution in [3.05, 3.63) is 29.3 Å². The average Bonchev–Trinajstić information content (AvgIpc) is 2.96. The molecule has 2 aromatic rings. The Balaban J connectivity index is 2.39. The van der Waals surface area contributed by atoms with Crippen molar-refractivity contribution in [3.63, 3.8) is 0 Å². The fraction of sp³-hybridized carbons (Fsp3) is 0.571. The highest BCUT2D eigenvalue weighted by molar-refractivity contribution is 5.88. The van der Waals surface area contributed by atoms with E-state index in [1.54, 1.807) is 22.5 Å². The van der Waals surface area contributed by atoms with E-state index in [0.717, 1.165) is 11.3 Å². The molecule has 0 amide bonds. The lowest BCUT2D eigenvalue weighted by Gasteiger charge is -2.20. The standard InChI is InChI=1S/C14H21N5O2/c1-6-21-13(20)11-12(14(2,3)4)19(17-16-11)9-10-7-15-18(5)8-10/h7-8H,6,9H2,1-5H3. The molecule has 0 atom stereocenters. The van der Waals surface area contributed by atoms with E-state index in [0.29, 0.717) is 13.2 Å². The first kappa shape index (κ1) is 15.2. The lowest BCUT2D eigenvalue weighted by Crippen LogP contribution is -2.23. The molecule has 7 heteroatoms. The molecule has 0 aliphatic heterocycles. The summed E-state index contributed by atoms with van der Waals surface area (Å²) in [6, 6.07) is 0. The number of hydrogen-bond acceptors (Lipinski definition) is 5. The van der Waals surface area contributed by atoms with E-state index < -0.39 is 5.97 Å². The van der Waals surface area contributed by atoms with E-state index in [2.05, 4.69) is 15.4 Å². The molecule has 2 aromatic heterocycles. The molecular formula is C14H21N5O2. The van der Waals surface area contributed by atoms with E-state index in [4.69, 9.17) is 4.74 Å². The van der Waals surface area contributed by atoms with Gasteiger partial charge >= 0.3 is 5.97 Å². The van der Waals surface area contributed by atoms with Gasteiger partial charge in [0.05, 0.1) is 25.0 Å². The molecule has 0 N–H and O–H groups in total. The normalized spacial score (nSPS) is 11.7. The summed E-state index contributed by atoms with van der Waals surface area (Å²) in [5, 5.41) is 12.3. The second-order valence-corrected chi connectivity index (χ2v) is 5.94. The van der Waals surface area contributed by atoms with Gasteiger partial charge in [-0.25, -0.2) is 9.48 Å². The second-order valence-electron chi connectivity index (χ2n) is 5.94. The van der Waals surface area contributed by atoms with E-state index >= 15 is 0 Å². The van der Waals surface area contributed by atoms with Gasteiger partial charge in [0, 0.05) is 24.2 Å². The van der Waals surface area contributed by atoms with Crippen LogP contribution in [0.1, 0.15) is 49.4 Å².